The molecule has 27 heavy (non-hydrogen) atoms. The number of methoxy groups -OCH3 is 1. The first-order valence-corrected chi connectivity index (χ1v) is 9.21. The van der Waals surface area contributed by atoms with Crippen LogP contribution in [-0.2, 0) is 9.53 Å². The summed E-state index contributed by atoms with van der Waals surface area (Å²) in [6.45, 7) is 3.99. The van der Waals surface area contributed by atoms with Gasteiger partial charge in [-0.05, 0) is 70.0 Å². The predicted molar refractivity (Wildman–Crippen MR) is 110 cm³/mol. The molecule has 3 rings (SSSR count). The number of hydrogen-bond acceptors (Lipinski definition) is 4. The zero-order valence-electron chi connectivity index (χ0n) is 14.5. The third-order valence-electron chi connectivity index (χ3n) is 3.77. The van der Waals surface area contributed by atoms with E-state index in [0.29, 0.717) is 38.9 Å². The summed E-state index contributed by atoms with van der Waals surface area (Å²) in [7, 11) is 1.56. The molecular formula is C21H16BrClO4. The van der Waals surface area contributed by atoms with Crippen molar-refractivity contribution < 1.29 is 19.0 Å². The lowest BCUT2D eigenvalue weighted by atomic mass is 10.1. The average molecular weight is 448 g/mol. The molecule has 0 unspecified atom stereocenters. The quantitative estimate of drug-likeness (QED) is 0.326. The van der Waals surface area contributed by atoms with Crippen LogP contribution in [0.3, 0.4) is 0 Å². The largest absolute Gasteiger partial charge is 0.493 e. The van der Waals surface area contributed by atoms with Gasteiger partial charge in [-0.15, -0.1) is 0 Å². The van der Waals surface area contributed by atoms with Crippen molar-refractivity contribution in [2.45, 2.75) is 0 Å². The Bertz CT molecular complexity index is 945. The third kappa shape index (κ3) is 4.43. The summed E-state index contributed by atoms with van der Waals surface area (Å²) in [5.41, 5.74) is 1.99. The predicted octanol–water partition coefficient (Wildman–Crippen LogP) is 5.66. The van der Waals surface area contributed by atoms with Gasteiger partial charge in [-0.1, -0.05) is 24.3 Å². The molecule has 2 aromatic carbocycles. The standard InChI is InChI=1S/C21H16BrClO4/c1-3-8-26-20-17(22)10-13(11-19(20)25-2)9-15-12-18(27-21(15)24)14-4-6-16(23)7-5-14/h3-7,9-12H,1,8H2,2H3/b15-9+. The van der Waals surface area contributed by atoms with Crippen LogP contribution >= 0.6 is 27.5 Å². The highest BCUT2D eigenvalue weighted by Crippen LogP contribution is 2.38. The number of halogens is 2. The van der Waals surface area contributed by atoms with E-state index in [2.05, 4.69) is 22.5 Å². The number of benzene rings is 2. The molecule has 4 nitrogen and oxygen atoms in total. The Hall–Kier alpha value is -2.50. The fraction of sp³-hybridized carbons (Fsp3) is 0.0952. The fourth-order valence-electron chi connectivity index (χ4n) is 2.53. The second kappa shape index (κ2) is 8.46. The van der Waals surface area contributed by atoms with Crippen LogP contribution in [0.5, 0.6) is 11.5 Å². The number of carbonyl (C=O) groups is 1. The summed E-state index contributed by atoms with van der Waals surface area (Å²) in [6.07, 6.45) is 5.09. The van der Waals surface area contributed by atoms with Crippen molar-refractivity contribution >= 4 is 45.3 Å². The Kier molecular flexibility index (Phi) is 6.04. The van der Waals surface area contributed by atoms with E-state index in [1.165, 1.54) is 0 Å². The van der Waals surface area contributed by atoms with Gasteiger partial charge in [0.05, 0.1) is 17.2 Å². The van der Waals surface area contributed by atoms with Gasteiger partial charge >= 0.3 is 5.97 Å². The molecular weight excluding hydrogens is 432 g/mol. The monoisotopic (exact) mass is 446 g/mol. The van der Waals surface area contributed by atoms with E-state index in [1.54, 1.807) is 55.7 Å². The summed E-state index contributed by atoms with van der Waals surface area (Å²) in [6, 6.07) is 10.7. The Morgan fingerprint density at radius 2 is 2.00 bits per heavy atom. The minimum Gasteiger partial charge on any atom is -0.493 e. The molecule has 1 aliphatic heterocycles. The maximum absolute atomic E-state index is 12.2. The Labute approximate surface area is 170 Å². The summed E-state index contributed by atoms with van der Waals surface area (Å²) < 4.78 is 17.1. The van der Waals surface area contributed by atoms with Gasteiger partial charge in [-0.2, -0.15) is 0 Å². The second-order valence-electron chi connectivity index (χ2n) is 5.64. The SMILES string of the molecule is C=CCOc1c(Br)cc(/C=C2\C=C(c3ccc(Cl)cc3)OC2=O)cc1OC. The third-order valence-corrected chi connectivity index (χ3v) is 4.61. The number of esters is 1. The lowest BCUT2D eigenvalue weighted by molar-refractivity contribution is -0.130. The minimum atomic E-state index is -0.415. The van der Waals surface area contributed by atoms with E-state index in [4.69, 9.17) is 25.8 Å². The van der Waals surface area contributed by atoms with Gasteiger partial charge in [0.15, 0.2) is 11.5 Å². The van der Waals surface area contributed by atoms with Crippen LogP contribution in [0.25, 0.3) is 11.8 Å². The van der Waals surface area contributed by atoms with Crippen LogP contribution in [0, 0.1) is 0 Å². The van der Waals surface area contributed by atoms with Gasteiger partial charge in [0.25, 0.3) is 0 Å². The highest BCUT2D eigenvalue weighted by atomic mass is 79.9. The van der Waals surface area contributed by atoms with Crippen molar-refractivity contribution in [2.24, 2.45) is 0 Å². The number of rotatable bonds is 6. The van der Waals surface area contributed by atoms with Crippen molar-refractivity contribution in [3.05, 3.63) is 81.3 Å². The van der Waals surface area contributed by atoms with Crippen molar-refractivity contribution in [3.8, 4) is 11.5 Å². The van der Waals surface area contributed by atoms with Crippen molar-refractivity contribution in [3.63, 3.8) is 0 Å². The molecule has 0 aliphatic carbocycles. The smallest absolute Gasteiger partial charge is 0.343 e. The topological polar surface area (TPSA) is 44.8 Å². The highest BCUT2D eigenvalue weighted by molar-refractivity contribution is 9.10. The fourth-order valence-corrected chi connectivity index (χ4v) is 3.23. The summed E-state index contributed by atoms with van der Waals surface area (Å²) in [5, 5.41) is 0.621. The number of cyclic esters (lactones) is 1. The van der Waals surface area contributed by atoms with Gasteiger partial charge in [0.1, 0.15) is 12.4 Å². The highest BCUT2D eigenvalue weighted by Gasteiger charge is 2.22. The van der Waals surface area contributed by atoms with E-state index < -0.39 is 5.97 Å². The lowest BCUT2D eigenvalue weighted by Gasteiger charge is -2.12. The molecule has 0 spiro atoms. The van der Waals surface area contributed by atoms with E-state index in [0.717, 1.165) is 11.1 Å². The molecule has 0 N–H and O–H groups in total. The van der Waals surface area contributed by atoms with E-state index in [-0.39, 0.29) is 0 Å². The van der Waals surface area contributed by atoms with Crippen molar-refractivity contribution in [1.82, 2.24) is 0 Å². The Balaban J connectivity index is 1.93. The van der Waals surface area contributed by atoms with E-state index in [1.807, 2.05) is 6.07 Å². The normalized spacial score (nSPS) is 14.7. The number of carbonyl (C=O) groups excluding carboxylic acids is 1. The van der Waals surface area contributed by atoms with Crippen LogP contribution in [-0.4, -0.2) is 19.7 Å². The van der Waals surface area contributed by atoms with Gasteiger partial charge in [-0.3, -0.25) is 0 Å². The van der Waals surface area contributed by atoms with E-state index in [9.17, 15) is 4.79 Å². The van der Waals surface area contributed by atoms with Crippen LogP contribution < -0.4 is 9.47 Å². The molecule has 0 radical (unpaired) electrons. The van der Waals surface area contributed by atoms with Crippen LogP contribution in [0.1, 0.15) is 11.1 Å². The molecule has 0 aromatic heterocycles. The van der Waals surface area contributed by atoms with Gasteiger partial charge in [-0.25, -0.2) is 4.79 Å². The molecule has 0 amide bonds. The minimum absolute atomic E-state index is 0.356. The van der Waals surface area contributed by atoms with Crippen molar-refractivity contribution in [1.29, 1.82) is 0 Å². The zero-order chi connectivity index (χ0) is 19.4. The molecule has 1 heterocycles. The molecule has 0 bridgehead atoms. The number of hydrogen-bond donors (Lipinski definition) is 0. The zero-order valence-corrected chi connectivity index (χ0v) is 16.8. The van der Waals surface area contributed by atoms with E-state index >= 15 is 0 Å². The van der Waals surface area contributed by atoms with Gasteiger partial charge in [0, 0.05) is 10.6 Å². The lowest BCUT2D eigenvalue weighted by Crippen LogP contribution is -1.99. The maximum atomic E-state index is 12.2. The Morgan fingerprint density at radius 3 is 2.67 bits per heavy atom. The molecule has 0 saturated heterocycles. The van der Waals surface area contributed by atoms with Crippen LogP contribution in [0.2, 0.25) is 5.02 Å². The Morgan fingerprint density at radius 1 is 1.26 bits per heavy atom. The maximum Gasteiger partial charge on any atom is 0.343 e. The first-order valence-electron chi connectivity index (χ1n) is 8.04. The molecule has 0 saturated carbocycles. The molecule has 2 aromatic rings. The summed E-state index contributed by atoms with van der Waals surface area (Å²) in [4.78, 5) is 12.2. The molecule has 1 aliphatic rings. The van der Waals surface area contributed by atoms with Crippen molar-refractivity contribution in [2.75, 3.05) is 13.7 Å². The molecule has 6 heteroatoms. The molecule has 0 atom stereocenters. The first-order chi connectivity index (χ1) is 13.0. The van der Waals surface area contributed by atoms with Crippen LogP contribution in [0.15, 0.2) is 65.2 Å². The summed E-state index contributed by atoms with van der Waals surface area (Å²) in [5.74, 6) is 1.19. The first kappa shape index (κ1) is 19.3. The van der Waals surface area contributed by atoms with Gasteiger partial charge in [0.2, 0.25) is 0 Å². The summed E-state index contributed by atoms with van der Waals surface area (Å²) >= 11 is 9.38. The van der Waals surface area contributed by atoms with Gasteiger partial charge < -0.3 is 14.2 Å². The second-order valence-corrected chi connectivity index (χ2v) is 6.93. The number of ether oxygens (including phenoxy) is 3. The molecule has 0 fully saturated rings. The van der Waals surface area contributed by atoms with Crippen LogP contribution in [0.4, 0.5) is 0 Å². The average Bonchev–Trinajstić information content (AvgIpc) is 3.01. The molecule has 138 valence electrons.